The Morgan fingerprint density at radius 1 is 0.905 bits per heavy atom. The molecule has 0 aromatic heterocycles. The Morgan fingerprint density at radius 2 is 1.33 bits per heavy atom. The molecule has 1 fully saturated rings. The molecule has 0 amide bonds. The van der Waals surface area contributed by atoms with E-state index >= 15 is 0 Å². The smallest absolute Gasteiger partial charge is 0.0895 e. The van der Waals surface area contributed by atoms with Crippen LogP contribution < -0.4 is 0 Å². The molecule has 0 aromatic carbocycles. The van der Waals surface area contributed by atoms with Gasteiger partial charge in [-0.25, -0.2) is 0 Å². The monoisotopic (exact) mass is 290 g/mol. The van der Waals surface area contributed by atoms with Crippen LogP contribution in [0.2, 0.25) is 0 Å². The molecule has 1 saturated heterocycles. The van der Waals surface area contributed by atoms with Gasteiger partial charge in [-0.1, -0.05) is 20.8 Å². The van der Waals surface area contributed by atoms with Crippen molar-refractivity contribution in [2.45, 2.75) is 58.5 Å². The zero-order chi connectivity index (χ0) is 15.8. The maximum atomic E-state index is 9.17. The average molecular weight is 290 g/mol. The summed E-state index contributed by atoms with van der Waals surface area (Å²) in [6, 6.07) is 4.54. The fraction of sp³-hybridized carbons (Fsp3) is 0.800. The highest BCUT2D eigenvalue weighted by Crippen LogP contribution is 2.29. The van der Waals surface area contributed by atoms with Crippen LogP contribution in [0.3, 0.4) is 0 Å². The minimum absolute atomic E-state index is 0.126. The first-order valence-corrected chi connectivity index (χ1v) is 7.65. The van der Waals surface area contributed by atoms with Crippen LogP contribution in [0.4, 0.5) is 0 Å². The summed E-state index contributed by atoms with van der Waals surface area (Å²) in [5.41, 5.74) is 0. The van der Waals surface area contributed by atoms with E-state index in [1.807, 2.05) is 6.34 Å². The van der Waals surface area contributed by atoms with Crippen LogP contribution >= 0.6 is 0 Å². The van der Waals surface area contributed by atoms with Gasteiger partial charge in [0, 0.05) is 7.05 Å². The molecule has 21 heavy (non-hydrogen) atoms. The second-order valence-electron chi connectivity index (χ2n) is 5.15. The van der Waals surface area contributed by atoms with E-state index in [4.69, 9.17) is 0 Å². The number of aliphatic imine (C=N–C) groups is 1. The van der Waals surface area contributed by atoms with Crippen molar-refractivity contribution in [1.29, 1.82) is 10.5 Å². The second-order valence-corrected chi connectivity index (χ2v) is 5.15. The van der Waals surface area contributed by atoms with E-state index in [9.17, 15) is 10.5 Å². The summed E-state index contributed by atoms with van der Waals surface area (Å²) in [4.78, 5) is 10.7. The minimum Gasteiger partial charge on any atom is -0.331 e. The summed E-state index contributed by atoms with van der Waals surface area (Å²) in [6.07, 6.45) is 5.01. The lowest BCUT2D eigenvalue weighted by Gasteiger charge is -2.56. The van der Waals surface area contributed by atoms with Crippen molar-refractivity contribution < 1.29 is 0 Å². The third kappa shape index (κ3) is 3.53. The number of rotatable bonds is 6. The first kappa shape index (κ1) is 17.4. The van der Waals surface area contributed by atoms with E-state index < -0.39 is 0 Å². The van der Waals surface area contributed by atoms with Gasteiger partial charge in [-0.05, 0) is 19.3 Å². The first-order valence-electron chi connectivity index (χ1n) is 7.65. The molecule has 0 aromatic rings. The van der Waals surface area contributed by atoms with Crippen LogP contribution in [-0.4, -0.2) is 59.7 Å². The lowest BCUT2D eigenvalue weighted by molar-refractivity contribution is -0.135. The van der Waals surface area contributed by atoms with Crippen LogP contribution in [-0.2, 0) is 0 Å². The van der Waals surface area contributed by atoms with Gasteiger partial charge in [0.2, 0.25) is 0 Å². The lowest BCUT2D eigenvalue weighted by Crippen LogP contribution is -2.70. The van der Waals surface area contributed by atoms with Gasteiger partial charge in [0.25, 0.3) is 0 Å². The summed E-state index contributed by atoms with van der Waals surface area (Å²) in [7, 11) is 1.76. The Morgan fingerprint density at radius 3 is 1.62 bits per heavy atom. The van der Waals surface area contributed by atoms with Crippen LogP contribution in [0, 0.1) is 22.7 Å². The first-order chi connectivity index (χ1) is 10.2. The molecule has 0 spiro atoms. The van der Waals surface area contributed by atoms with Crippen molar-refractivity contribution >= 4 is 6.34 Å². The van der Waals surface area contributed by atoms with Crippen molar-refractivity contribution in [3.8, 4) is 12.1 Å². The standard InChI is InChI=1S/C15H26N6/c1-5-13-19(10-8-16)14(6-2)21(12-18-4)15(7-3)20(13)11-9-17/h12-15H,5-7,10-11H2,1-4H3/b18-12+. The SMILES string of the molecule is CCC1N(/C=N/C)C(CC)N(CC#N)C(CC)N1CC#N. The topological polar surface area (TPSA) is 69.7 Å². The summed E-state index contributed by atoms with van der Waals surface area (Å²) < 4.78 is 0. The predicted molar refractivity (Wildman–Crippen MR) is 83.1 cm³/mol. The molecule has 2 unspecified atom stereocenters. The van der Waals surface area contributed by atoms with Crippen LogP contribution in [0.15, 0.2) is 4.99 Å². The molecule has 2 atom stereocenters. The zero-order valence-corrected chi connectivity index (χ0v) is 13.5. The second kappa shape index (κ2) is 8.61. The Bertz CT molecular complexity index is 389. The molecule has 1 rings (SSSR count). The number of nitriles is 2. The summed E-state index contributed by atoms with van der Waals surface area (Å²) in [5, 5.41) is 18.3. The predicted octanol–water partition coefficient (Wildman–Crippen LogP) is 1.82. The van der Waals surface area contributed by atoms with Crippen molar-refractivity contribution in [3.63, 3.8) is 0 Å². The Kier molecular flexibility index (Phi) is 7.14. The molecule has 0 aliphatic carbocycles. The Labute approximate surface area is 128 Å². The average Bonchev–Trinajstić information content (AvgIpc) is 2.49. The van der Waals surface area contributed by atoms with Crippen LogP contribution in [0.5, 0.6) is 0 Å². The van der Waals surface area contributed by atoms with Gasteiger partial charge >= 0.3 is 0 Å². The van der Waals surface area contributed by atoms with Gasteiger partial charge in [0.05, 0.1) is 50.1 Å². The van der Waals surface area contributed by atoms with Crippen molar-refractivity contribution in [2.75, 3.05) is 20.1 Å². The van der Waals surface area contributed by atoms with Gasteiger partial charge in [0.15, 0.2) is 0 Å². The largest absolute Gasteiger partial charge is 0.331 e. The van der Waals surface area contributed by atoms with Crippen molar-refractivity contribution in [3.05, 3.63) is 0 Å². The summed E-state index contributed by atoms with van der Waals surface area (Å²) in [5.74, 6) is 0. The van der Waals surface area contributed by atoms with Gasteiger partial charge in [-0.2, -0.15) is 10.5 Å². The molecular weight excluding hydrogens is 264 g/mol. The molecule has 6 nitrogen and oxygen atoms in total. The maximum Gasteiger partial charge on any atom is 0.0895 e. The summed E-state index contributed by atoms with van der Waals surface area (Å²) >= 11 is 0. The number of nitrogens with zero attached hydrogens (tertiary/aromatic N) is 6. The minimum atomic E-state index is 0.126. The molecule has 0 radical (unpaired) electrons. The maximum absolute atomic E-state index is 9.17. The molecule has 1 aliphatic heterocycles. The number of hydrogen-bond acceptors (Lipinski definition) is 5. The highest BCUT2D eigenvalue weighted by Gasteiger charge is 2.42. The molecular formula is C15H26N6. The highest BCUT2D eigenvalue weighted by molar-refractivity contribution is 5.56. The molecule has 0 bridgehead atoms. The van der Waals surface area contributed by atoms with E-state index in [1.54, 1.807) is 7.05 Å². The van der Waals surface area contributed by atoms with Gasteiger partial charge < -0.3 is 4.90 Å². The lowest BCUT2D eigenvalue weighted by atomic mass is 10.1. The molecule has 116 valence electrons. The van der Waals surface area contributed by atoms with E-state index in [-0.39, 0.29) is 18.5 Å². The van der Waals surface area contributed by atoms with E-state index in [0.29, 0.717) is 13.1 Å². The normalized spacial score (nSPS) is 27.7. The van der Waals surface area contributed by atoms with Crippen molar-refractivity contribution in [2.24, 2.45) is 4.99 Å². The Hall–Kier alpha value is -1.63. The van der Waals surface area contributed by atoms with Gasteiger partial charge in [0.1, 0.15) is 0 Å². The molecule has 0 N–H and O–H groups in total. The fourth-order valence-corrected chi connectivity index (χ4v) is 3.36. The summed E-state index contributed by atoms with van der Waals surface area (Å²) in [6.45, 7) is 7.10. The van der Waals surface area contributed by atoms with Gasteiger partial charge in [-0.3, -0.25) is 14.8 Å². The van der Waals surface area contributed by atoms with E-state index in [1.165, 1.54) is 0 Å². The zero-order valence-electron chi connectivity index (χ0n) is 13.5. The molecule has 1 aliphatic rings. The van der Waals surface area contributed by atoms with Crippen LogP contribution in [0.25, 0.3) is 0 Å². The van der Waals surface area contributed by atoms with E-state index in [0.717, 1.165) is 19.3 Å². The van der Waals surface area contributed by atoms with E-state index in [2.05, 4.69) is 52.6 Å². The quantitative estimate of drug-likeness (QED) is 0.424. The van der Waals surface area contributed by atoms with Gasteiger partial charge in [-0.15, -0.1) is 0 Å². The Balaban J connectivity index is 3.25. The third-order valence-electron chi connectivity index (χ3n) is 4.07. The molecule has 1 heterocycles. The fourth-order valence-electron chi connectivity index (χ4n) is 3.36. The van der Waals surface area contributed by atoms with Crippen molar-refractivity contribution in [1.82, 2.24) is 14.7 Å². The van der Waals surface area contributed by atoms with Crippen LogP contribution in [0.1, 0.15) is 40.0 Å². The molecule has 6 heteroatoms. The molecule has 0 saturated carbocycles. The number of hydrogen-bond donors (Lipinski definition) is 0. The highest BCUT2D eigenvalue weighted by atomic mass is 15.6. The third-order valence-corrected chi connectivity index (χ3v) is 4.07.